The van der Waals surface area contributed by atoms with Gasteiger partial charge in [-0.05, 0) is 49.2 Å². The topological polar surface area (TPSA) is 55.1 Å². The molecule has 5 heteroatoms. The second-order valence-corrected chi connectivity index (χ2v) is 6.25. The van der Waals surface area contributed by atoms with Crippen molar-refractivity contribution in [2.75, 3.05) is 5.32 Å². The zero-order valence-corrected chi connectivity index (χ0v) is 14.3. The number of carbonyl (C=O) groups excluding carboxylic acids is 1. The zero-order valence-electron chi connectivity index (χ0n) is 12.8. The number of nitrogens with one attached hydrogen (secondary N) is 1. The van der Waals surface area contributed by atoms with E-state index in [1.807, 2.05) is 56.3 Å². The van der Waals surface area contributed by atoms with Crippen molar-refractivity contribution in [3.63, 3.8) is 0 Å². The van der Waals surface area contributed by atoms with Gasteiger partial charge in [0.25, 0.3) is 5.91 Å². The highest BCUT2D eigenvalue weighted by Crippen LogP contribution is 2.23. The Morgan fingerprint density at radius 2 is 1.78 bits per heavy atom. The molecule has 1 N–H and O–H groups in total. The molecule has 0 spiro atoms. The van der Waals surface area contributed by atoms with Gasteiger partial charge in [-0.3, -0.25) is 4.79 Å². The van der Waals surface area contributed by atoms with Gasteiger partial charge in [0.05, 0.1) is 0 Å². The van der Waals surface area contributed by atoms with Crippen molar-refractivity contribution >= 4 is 27.5 Å². The highest BCUT2D eigenvalue weighted by atomic mass is 79.9. The monoisotopic (exact) mass is 370 g/mol. The third-order valence-electron chi connectivity index (χ3n) is 3.64. The summed E-state index contributed by atoms with van der Waals surface area (Å²) in [6, 6.07) is 15.0. The van der Waals surface area contributed by atoms with Crippen molar-refractivity contribution in [1.29, 1.82) is 0 Å². The fourth-order valence-corrected chi connectivity index (χ4v) is 2.41. The molecule has 0 aliphatic rings. The summed E-state index contributed by atoms with van der Waals surface area (Å²) in [6.45, 7) is 4.04. The predicted molar refractivity (Wildman–Crippen MR) is 93.5 cm³/mol. The lowest BCUT2D eigenvalue weighted by Crippen LogP contribution is -2.12. The zero-order chi connectivity index (χ0) is 16.4. The number of carbonyl (C=O) groups is 1. The van der Waals surface area contributed by atoms with Crippen molar-refractivity contribution < 1.29 is 9.32 Å². The number of benzene rings is 2. The molecule has 1 aromatic heterocycles. The van der Waals surface area contributed by atoms with Gasteiger partial charge in [0, 0.05) is 21.8 Å². The molecule has 4 nitrogen and oxygen atoms in total. The third-order valence-corrected chi connectivity index (χ3v) is 4.16. The summed E-state index contributed by atoms with van der Waals surface area (Å²) in [5.41, 5.74) is 4.17. The van der Waals surface area contributed by atoms with Crippen molar-refractivity contribution in [3.05, 3.63) is 69.8 Å². The van der Waals surface area contributed by atoms with Crippen LogP contribution in [0.3, 0.4) is 0 Å². The Hall–Kier alpha value is -2.40. The van der Waals surface area contributed by atoms with E-state index in [4.69, 9.17) is 4.52 Å². The Bertz CT molecular complexity index is 854. The number of hydrogen-bond acceptors (Lipinski definition) is 3. The minimum atomic E-state index is -0.291. The first-order chi connectivity index (χ1) is 11.0. The van der Waals surface area contributed by atoms with Crippen LogP contribution in [0.5, 0.6) is 0 Å². The maximum Gasteiger partial charge on any atom is 0.277 e. The molecule has 0 bridgehead atoms. The van der Waals surface area contributed by atoms with Gasteiger partial charge < -0.3 is 9.84 Å². The Morgan fingerprint density at radius 1 is 1.04 bits per heavy atom. The first-order valence-electron chi connectivity index (χ1n) is 7.14. The predicted octanol–water partition coefficient (Wildman–Crippen LogP) is 4.97. The van der Waals surface area contributed by atoms with Crippen LogP contribution in [0.15, 0.2) is 57.5 Å². The largest absolute Gasteiger partial charge is 0.355 e. The molecular weight excluding hydrogens is 356 g/mol. The van der Waals surface area contributed by atoms with E-state index < -0.39 is 0 Å². The molecule has 1 amide bonds. The van der Waals surface area contributed by atoms with Crippen molar-refractivity contribution in [3.8, 4) is 11.3 Å². The molecule has 116 valence electrons. The van der Waals surface area contributed by atoms with Crippen LogP contribution in [0.4, 0.5) is 5.69 Å². The number of rotatable bonds is 3. The minimum absolute atomic E-state index is 0.251. The van der Waals surface area contributed by atoms with Crippen LogP contribution < -0.4 is 5.32 Å². The van der Waals surface area contributed by atoms with Crippen LogP contribution in [0.25, 0.3) is 11.3 Å². The molecule has 0 saturated carbocycles. The number of aromatic nitrogens is 1. The number of anilines is 1. The Morgan fingerprint density at radius 3 is 2.48 bits per heavy atom. The van der Waals surface area contributed by atoms with Crippen LogP contribution in [0.2, 0.25) is 0 Å². The van der Waals surface area contributed by atoms with Crippen LogP contribution in [-0.4, -0.2) is 11.1 Å². The normalized spacial score (nSPS) is 10.6. The Balaban J connectivity index is 1.78. The molecule has 2 aromatic carbocycles. The fourth-order valence-electron chi connectivity index (χ4n) is 2.15. The van der Waals surface area contributed by atoms with E-state index in [0.717, 1.165) is 21.3 Å². The molecule has 0 unspecified atom stereocenters. The van der Waals surface area contributed by atoms with E-state index in [1.54, 1.807) is 6.07 Å². The summed E-state index contributed by atoms with van der Waals surface area (Å²) in [6.07, 6.45) is 0. The van der Waals surface area contributed by atoms with E-state index in [-0.39, 0.29) is 11.6 Å². The quantitative estimate of drug-likeness (QED) is 0.707. The molecule has 1 heterocycles. The number of hydrogen-bond donors (Lipinski definition) is 1. The van der Waals surface area contributed by atoms with Gasteiger partial charge in [0.1, 0.15) is 0 Å². The van der Waals surface area contributed by atoms with E-state index in [0.29, 0.717) is 5.76 Å². The molecule has 0 aliphatic carbocycles. The van der Waals surface area contributed by atoms with Gasteiger partial charge in [-0.1, -0.05) is 39.3 Å². The second-order valence-electron chi connectivity index (χ2n) is 5.34. The SMILES string of the molecule is Cc1ccc(NC(=O)c2cc(-c3ccc(Br)cc3)on2)cc1C. The molecule has 0 radical (unpaired) electrons. The van der Waals surface area contributed by atoms with Crippen molar-refractivity contribution in [1.82, 2.24) is 5.16 Å². The molecule has 0 saturated heterocycles. The fraction of sp³-hybridized carbons (Fsp3) is 0.111. The maximum atomic E-state index is 12.3. The smallest absolute Gasteiger partial charge is 0.277 e. The lowest BCUT2D eigenvalue weighted by Gasteiger charge is -2.05. The maximum absolute atomic E-state index is 12.3. The molecule has 23 heavy (non-hydrogen) atoms. The average molecular weight is 371 g/mol. The lowest BCUT2D eigenvalue weighted by molar-refractivity contribution is 0.101. The first-order valence-corrected chi connectivity index (χ1v) is 7.93. The molecule has 0 atom stereocenters. The number of amides is 1. The number of nitrogens with zero attached hydrogens (tertiary/aromatic N) is 1. The first kappa shape index (κ1) is 15.5. The van der Waals surface area contributed by atoms with Gasteiger partial charge in [0.2, 0.25) is 0 Å². The van der Waals surface area contributed by atoms with Gasteiger partial charge in [-0.25, -0.2) is 0 Å². The average Bonchev–Trinajstić information content (AvgIpc) is 3.02. The summed E-state index contributed by atoms with van der Waals surface area (Å²) in [4.78, 5) is 12.3. The summed E-state index contributed by atoms with van der Waals surface area (Å²) in [7, 11) is 0. The van der Waals surface area contributed by atoms with Gasteiger partial charge in [-0.15, -0.1) is 0 Å². The van der Waals surface area contributed by atoms with Gasteiger partial charge >= 0.3 is 0 Å². The lowest BCUT2D eigenvalue weighted by atomic mass is 10.1. The highest BCUT2D eigenvalue weighted by molar-refractivity contribution is 9.10. The van der Waals surface area contributed by atoms with Crippen molar-refractivity contribution in [2.24, 2.45) is 0 Å². The summed E-state index contributed by atoms with van der Waals surface area (Å²) in [5.74, 6) is 0.267. The van der Waals surface area contributed by atoms with Gasteiger partial charge in [0.15, 0.2) is 11.5 Å². The van der Waals surface area contributed by atoms with E-state index in [2.05, 4.69) is 26.4 Å². The second kappa shape index (κ2) is 6.38. The number of aryl methyl sites for hydroxylation is 2. The molecule has 3 aromatic rings. The molecular formula is C18H15BrN2O2. The van der Waals surface area contributed by atoms with Crippen LogP contribution in [0.1, 0.15) is 21.6 Å². The van der Waals surface area contributed by atoms with Crippen LogP contribution in [0, 0.1) is 13.8 Å². The molecule has 0 fully saturated rings. The van der Waals surface area contributed by atoms with E-state index in [1.165, 1.54) is 5.56 Å². The standard InChI is InChI=1S/C18H15BrN2O2/c1-11-3-8-15(9-12(11)2)20-18(22)16-10-17(23-21-16)13-4-6-14(19)7-5-13/h3-10H,1-2H3,(H,20,22). The third kappa shape index (κ3) is 3.51. The Kier molecular flexibility index (Phi) is 4.30. The van der Waals surface area contributed by atoms with Crippen LogP contribution >= 0.6 is 15.9 Å². The molecule has 0 aliphatic heterocycles. The van der Waals surface area contributed by atoms with Crippen LogP contribution in [-0.2, 0) is 0 Å². The summed E-state index contributed by atoms with van der Waals surface area (Å²) in [5, 5.41) is 6.68. The summed E-state index contributed by atoms with van der Waals surface area (Å²) < 4.78 is 6.25. The summed E-state index contributed by atoms with van der Waals surface area (Å²) >= 11 is 3.38. The van der Waals surface area contributed by atoms with E-state index in [9.17, 15) is 4.79 Å². The number of halogens is 1. The minimum Gasteiger partial charge on any atom is -0.355 e. The van der Waals surface area contributed by atoms with Gasteiger partial charge in [-0.2, -0.15) is 0 Å². The van der Waals surface area contributed by atoms with E-state index >= 15 is 0 Å². The van der Waals surface area contributed by atoms with Crippen molar-refractivity contribution in [2.45, 2.75) is 13.8 Å². The highest BCUT2D eigenvalue weighted by Gasteiger charge is 2.14. The Labute approximate surface area is 142 Å². The molecule has 3 rings (SSSR count).